The first-order valence-corrected chi connectivity index (χ1v) is 11.5. The van der Waals surface area contributed by atoms with Crippen LogP contribution < -0.4 is 5.32 Å². The zero-order valence-corrected chi connectivity index (χ0v) is 17.8. The van der Waals surface area contributed by atoms with Crippen LogP contribution in [0.5, 0.6) is 0 Å². The van der Waals surface area contributed by atoms with Crippen molar-refractivity contribution in [3.05, 3.63) is 52.2 Å². The summed E-state index contributed by atoms with van der Waals surface area (Å²) in [5.74, 6) is 0.337. The molecule has 0 spiro atoms. The number of anilines is 1. The molecule has 0 radical (unpaired) electrons. The van der Waals surface area contributed by atoms with Crippen molar-refractivity contribution < 1.29 is 9.59 Å². The van der Waals surface area contributed by atoms with Gasteiger partial charge in [-0.15, -0.1) is 11.3 Å². The Morgan fingerprint density at radius 1 is 1.10 bits per heavy atom. The number of likely N-dealkylation sites (tertiary alicyclic amines) is 1. The number of hydrogen-bond donors (Lipinski definition) is 1. The molecule has 3 heterocycles. The smallest absolute Gasteiger partial charge is 0.237 e. The number of nitrogens with zero attached hydrogens (tertiary/aromatic N) is 2. The highest BCUT2D eigenvalue weighted by molar-refractivity contribution is 7.10. The Morgan fingerprint density at radius 2 is 1.86 bits per heavy atom. The molecule has 2 aliphatic heterocycles. The molecule has 2 amide bonds. The number of amides is 2. The minimum absolute atomic E-state index is 0.0216. The average molecular weight is 412 g/mol. The summed E-state index contributed by atoms with van der Waals surface area (Å²) in [6.07, 6.45) is 3.53. The fourth-order valence-corrected chi connectivity index (χ4v) is 5.46. The SMILES string of the molecule is CCC1c2ccsc2CCN1C(=O)CN1CCC(C(=O)Nc2ccccc2)CC1. The van der Waals surface area contributed by atoms with Gasteiger partial charge in [-0.3, -0.25) is 14.5 Å². The maximum Gasteiger partial charge on any atom is 0.237 e. The highest BCUT2D eigenvalue weighted by atomic mass is 32.1. The largest absolute Gasteiger partial charge is 0.334 e. The Hall–Kier alpha value is -2.18. The number of benzene rings is 1. The minimum Gasteiger partial charge on any atom is -0.334 e. The summed E-state index contributed by atoms with van der Waals surface area (Å²) in [6, 6.07) is 12.0. The van der Waals surface area contributed by atoms with Crippen LogP contribution in [0, 0.1) is 5.92 Å². The van der Waals surface area contributed by atoms with Gasteiger partial charge in [-0.1, -0.05) is 25.1 Å². The first-order chi connectivity index (χ1) is 14.2. The molecule has 1 atom stereocenters. The number of hydrogen-bond acceptors (Lipinski definition) is 4. The molecule has 0 bridgehead atoms. The molecule has 1 fully saturated rings. The lowest BCUT2D eigenvalue weighted by Gasteiger charge is -2.38. The summed E-state index contributed by atoms with van der Waals surface area (Å²) >= 11 is 1.81. The molecule has 2 aliphatic rings. The van der Waals surface area contributed by atoms with Gasteiger partial charge in [0.2, 0.25) is 11.8 Å². The van der Waals surface area contributed by atoms with Gasteiger partial charge in [0, 0.05) is 23.0 Å². The zero-order valence-electron chi connectivity index (χ0n) is 17.0. The maximum absolute atomic E-state index is 13.0. The number of rotatable bonds is 5. The van der Waals surface area contributed by atoms with E-state index in [1.54, 1.807) is 0 Å². The second-order valence-electron chi connectivity index (χ2n) is 7.97. The lowest BCUT2D eigenvalue weighted by atomic mass is 9.95. The van der Waals surface area contributed by atoms with E-state index >= 15 is 0 Å². The van der Waals surface area contributed by atoms with Gasteiger partial charge in [0.05, 0.1) is 12.6 Å². The third kappa shape index (κ3) is 4.54. The molecule has 2 aromatic rings. The standard InChI is InChI=1S/C23H29N3O2S/c1-2-20-19-11-15-29-21(19)10-14-26(20)22(27)16-25-12-8-17(9-13-25)23(28)24-18-6-4-3-5-7-18/h3-7,11,15,17,20H,2,8-10,12-14,16H2,1H3,(H,24,28). The topological polar surface area (TPSA) is 52.7 Å². The first-order valence-electron chi connectivity index (χ1n) is 10.6. The number of carbonyl (C=O) groups excluding carboxylic acids is 2. The van der Waals surface area contributed by atoms with Crippen molar-refractivity contribution in [2.75, 3.05) is 31.5 Å². The Balaban J connectivity index is 1.28. The number of carbonyl (C=O) groups is 2. The van der Waals surface area contributed by atoms with E-state index < -0.39 is 0 Å². The van der Waals surface area contributed by atoms with Gasteiger partial charge in [0.15, 0.2) is 0 Å². The minimum atomic E-state index is 0.0216. The van der Waals surface area contributed by atoms with Crippen LogP contribution in [0.3, 0.4) is 0 Å². The van der Waals surface area contributed by atoms with Crippen LogP contribution in [0.25, 0.3) is 0 Å². The summed E-state index contributed by atoms with van der Waals surface area (Å²) in [7, 11) is 0. The van der Waals surface area contributed by atoms with Crippen LogP contribution in [0.4, 0.5) is 5.69 Å². The van der Waals surface area contributed by atoms with Gasteiger partial charge < -0.3 is 10.2 Å². The third-order valence-electron chi connectivity index (χ3n) is 6.16. The number of nitrogens with one attached hydrogen (secondary N) is 1. The highest BCUT2D eigenvalue weighted by Crippen LogP contribution is 2.35. The molecule has 0 saturated carbocycles. The Labute approximate surface area is 176 Å². The fraction of sp³-hybridized carbons (Fsp3) is 0.478. The van der Waals surface area contributed by atoms with Crippen molar-refractivity contribution in [2.24, 2.45) is 5.92 Å². The van der Waals surface area contributed by atoms with Gasteiger partial charge in [-0.2, -0.15) is 0 Å². The second kappa shape index (κ2) is 9.09. The Morgan fingerprint density at radius 3 is 2.59 bits per heavy atom. The molecule has 0 aliphatic carbocycles. The molecule has 1 aromatic heterocycles. The summed E-state index contributed by atoms with van der Waals surface area (Å²) in [5.41, 5.74) is 2.19. The van der Waals surface area contributed by atoms with Crippen LogP contribution in [0.1, 0.15) is 42.7 Å². The van der Waals surface area contributed by atoms with E-state index in [1.807, 2.05) is 41.7 Å². The second-order valence-corrected chi connectivity index (χ2v) is 8.97. The molecule has 1 saturated heterocycles. The van der Waals surface area contributed by atoms with Crippen LogP contribution in [-0.4, -0.2) is 47.8 Å². The highest BCUT2D eigenvalue weighted by Gasteiger charge is 2.32. The van der Waals surface area contributed by atoms with Crippen molar-refractivity contribution in [1.29, 1.82) is 0 Å². The van der Waals surface area contributed by atoms with Crippen LogP contribution in [-0.2, 0) is 16.0 Å². The van der Waals surface area contributed by atoms with Gasteiger partial charge in [0.1, 0.15) is 0 Å². The normalized spacial score (nSPS) is 20.3. The maximum atomic E-state index is 13.0. The quantitative estimate of drug-likeness (QED) is 0.811. The Bertz CT molecular complexity index is 843. The molecule has 29 heavy (non-hydrogen) atoms. The van der Waals surface area contributed by atoms with Gasteiger partial charge >= 0.3 is 0 Å². The first kappa shape index (κ1) is 20.1. The predicted octanol–water partition coefficient (Wildman–Crippen LogP) is 3.93. The summed E-state index contributed by atoms with van der Waals surface area (Å²) in [5, 5.41) is 5.15. The molecule has 1 aromatic carbocycles. The van der Waals surface area contributed by atoms with Crippen LogP contribution >= 0.6 is 11.3 Å². The van der Waals surface area contributed by atoms with Crippen molar-refractivity contribution in [1.82, 2.24) is 9.80 Å². The molecule has 1 N–H and O–H groups in total. The van der Waals surface area contributed by atoms with E-state index in [2.05, 4.69) is 33.5 Å². The van der Waals surface area contributed by atoms with Gasteiger partial charge in [0.25, 0.3) is 0 Å². The van der Waals surface area contributed by atoms with Crippen molar-refractivity contribution in [3.63, 3.8) is 0 Å². The van der Waals surface area contributed by atoms with Crippen LogP contribution in [0.15, 0.2) is 41.8 Å². The monoisotopic (exact) mass is 411 g/mol. The Kier molecular flexibility index (Phi) is 6.31. The fourth-order valence-electron chi connectivity index (χ4n) is 4.54. The van der Waals surface area contributed by atoms with E-state index in [1.165, 1.54) is 10.4 Å². The van der Waals surface area contributed by atoms with E-state index in [9.17, 15) is 9.59 Å². The van der Waals surface area contributed by atoms with E-state index in [0.29, 0.717) is 6.54 Å². The van der Waals surface area contributed by atoms with E-state index in [0.717, 1.165) is 51.0 Å². The average Bonchev–Trinajstić information content (AvgIpc) is 3.23. The van der Waals surface area contributed by atoms with Gasteiger partial charge in [-0.25, -0.2) is 0 Å². The molecule has 6 heteroatoms. The molecular formula is C23H29N3O2S. The third-order valence-corrected chi connectivity index (χ3v) is 7.16. The van der Waals surface area contributed by atoms with Gasteiger partial charge in [-0.05, 0) is 67.9 Å². The number of fused-ring (bicyclic) bond motifs is 1. The molecule has 154 valence electrons. The van der Waals surface area contributed by atoms with Crippen LogP contribution in [0.2, 0.25) is 0 Å². The number of thiophene rings is 1. The molecule has 5 nitrogen and oxygen atoms in total. The lowest BCUT2D eigenvalue weighted by Crippen LogP contribution is -2.47. The summed E-state index contributed by atoms with van der Waals surface area (Å²) in [4.78, 5) is 31.3. The zero-order chi connectivity index (χ0) is 20.2. The number of para-hydroxylation sites is 1. The van der Waals surface area contributed by atoms with Crippen molar-refractivity contribution in [2.45, 2.75) is 38.6 Å². The molecular weight excluding hydrogens is 382 g/mol. The predicted molar refractivity (Wildman–Crippen MR) is 117 cm³/mol. The molecule has 4 rings (SSSR count). The summed E-state index contributed by atoms with van der Waals surface area (Å²) in [6.45, 7) is 5.04. The van der Waals surface area contributed by atoms with Crippen molar-refractivity contribution >= 4 is 28.8 Å². The van der Waals surface area contributed by atoms with E-state index in [-0.39, 0.29) is 23.8 Å². The van der Waals surface area contributed by atoms with E-state index in [4.69, 9.17) is 0 Å². The lowest BCUT2D eigenvalue weighted by molar-refractivity contribution is -0.135. The van der Waals surface area contributed by atoms with Crippen molar-refractivity contribution in [3.8, 4) is 0 Å². The number of piperidine rings is 1. The summed E-state index contributed by atoms with van der Waals surface area (Å²) < 4.78 is 0. The molecule has 1 unspecified atom stereocenters.